The number of benzene rings is 2. The Bertz CT molecular complexity index is 991. The summed E-state index contributed by atoms with van der Waals surface area (Å²) in [6.45, 7) is 2.40. The van der Waals surface area contributed by atoms with Crippen molar-refractivity contribution in [3.8, 4) is 11.4 Å². The SMILES string of the molecule is O=C(NCc1ccc(F)cc1)C1CCCN(Cc2nc(-c3ccc(Cl)cc3)no2)C1. The predicted molar refractivity (Wildman–Crippen MR) is 111 cm³/mol. The molecule has 1 aliphatic rings. The third kappa shape index (κ3) is 5.23. The molecule has 0 aliphatic carbocycles. The van der Waals surface area contributed by atoms with Gasteiger partial charge in [-0.3, -0.25) is 9.69 Å². The lowest BCUT2D eigenvalue weighted by molar-refractivity contribution is -0.127. The summed E-state index contributed by atoms with van der Waals surface area (Å²) < 4.78 is 18.4. The first kappa shape index (κ1) is 20.5. The lowest BCUT2D eigenvalue weighted by Crippen LogP contribution is -2.42. The third-order valence-corrected chi connectivity index (χ3v) is 5.44. The monoisotopic (exact) mass is 428 g/mol. The fraction of sp³-hybridized carbons (Fsp3) is 0.318. The van der Waals surface area contributed by atoms with Gasteiger partial charge >= 0.3 is 0 Å². The Labute approximate surface area is 179 Å². The van der Waals surface area contributed by atoms with Crippen LogP contribution in [-0.4, -0.2) is 34.0 Å². The van der Waals surface area contributed by atoms with Crippen LogP contribution in [0.1, 0.15) is 24.3 Å². The molecule has 4 rings (SSSR count). The minimum absolute atomic E-state index is 0.0106. The zero-order valence-electron chi connectivity index (χ0n) is 16.4. The number of halogens is 2. The van der Waals surface area contributed by atoms with Crippen LogP contribution in [0, 0.1) is 11.7 Å². The van der Waals surface area contributed by atoms with Gasteiger partial charge in [-0.1, -0.05) is 28.9 Å². The van der Waals surface area contributed by atoms with Gasteiger partial charge in [0.15, 0.2) is 0 Å². The van der Waals surface area contributed by atoms with Gasteiger partial charge in [0.25, 0.3) is 0 Å². The number of hydrogen-bond donors (Lipinski definition) is 1. The van der Waals surface area contributed by atoms with E-state index in [2.05, 4.69) is 20.4 Å². The number of hydrogen-bond acceptors (Lipinski definition) is 5. The van der Waals surface area contributed by atoms with Crippen LogP contribution in [0.2, 0.25) is 5.02 Å². The van der Waals surface area contributed by atoms with Gasteiger partial charge in [0.05, 0.1) is 12.5 Å². The van der Waals surface area contributed by atoms with Gasteiger partial charge in [0.1, 0.15) is 5.82 Å². The van der Waals surface area contributed by atoms with E-state index in [1.807, 2.05) is 12.1 Å². The van der Waals surface area contributed by atoms with Crippen LogP contribution in [0.3, 0.4) is 0 Å². The molecule has 1 N–H and O–H groups in total. The van der Waals surface area contributed by atoms with Crippen LogP contribution >= 0.6 is 11.6 Å². The van der Waals surface area contributed by atoms with Crippen LogP contribution in [0.4, 0.5) is 4.39 Å². The maximum atomic E-state index is 13.0. The van der Waals surface area contributed by atoms with Crippen LogP contribution < -0.4 is 5.32 Å². The van der Waals surface area contributed by atoms with E-state index < -0.39 is 0 Å². The van der Waals surface area contributed by atoms with Crippen molar-refractivity contribution in [1.82, 2.24) is 20.4 Å². The standard InChI is InChI=1S/C22H22ClFN4O2/c23-18-7-5-16(6-8-18)21-26-20(30-27-21)14-28-11-1-2-17(13-28)22(29)25-12-15-3-9-19(24)10-4-15/h3-10,17H,1-2,11-14H2,(H,25,29). The molecule has 30 heavy (non-hydrogen) atoms. The molecule has 2 heterocycles. The maximum Gasteiger partial charge on any atom is 0.241 e. The molecular formula is C22H22ClFN4O2. The van der Waals surface area contributed by atoms with Crippen molar-refractivity contribution < 1.29 is 13.7 Å². The quantitative estimate of drug-likeness (QED) is 0.641. The second-order valence-electron chi connectivity index (χ2n) is 7.44. The molecule has 0 saturated carbocycles. The fourth-order valence-corrected chi connectivity index (χ4v) is 3.70. The van der Waals surface area contributed by atoms with Crippen molar-refractivity contribution >= 4 is 17.5 Å². The highest BCUT2D eigenvalue weighted by atomic mass is 35.5. The topological polar surface area (TPSA) is 71.3 Å². The molecule has 8 heteroatoms. The molecule has 6 nitrogen and oxygen atoms in total. The van der Waals surface area contributed by atoms with E-state index in [-0.39, 0.29) is 17.6 Å². The fourth-order valence-electron chi connectivity index (χ4n) is 3.58. The molecule has 1 amide bonds. The van der Waals surface area contributed by atoms with E-state index >= 15 is 0 Å². The summed E-state index contributed by atoms with van der Waals surface area (Å²) in [5.41, 5.74) is 1.71. The minimum atomic E-state index is -0.284. The van der Waals surface area contributed by atoms with Crippen molar-refractivity contribution in [3.63, 3.8) is 0 Å². The summed E-state index contributed by atoms with van der Waals surface area (Å²) in [5, 5.41) is 7.65. The Kier molecular flexibility index (Phi) is 6.40. The Morgan fingerprint density at radius 1 is 1.20 bits per heavy atom. The normalized spacial score (nSPS) is 17.1. The first-order valence-electron chi connectivity index (χ1n) is 9.90. The van der Waals surface area contributed by atoms with E-state index in [0.717, 1.165) is 30.5 Å². The molecule has 156 valence electrons. The van der Waals surface area contributed by atoms with E-state index in [9.17, 15) is 9.18 Å². The zero-order valence-corrected chi connectivity index (χ0v) is 17.1. The van der Waals surface area contributed by atoms with E-state index in [1.54, 1.807) is 24.3 Å². The molecule has 0 radical (unpaired) electrons. The Hall–Kier alpha value is -2.77. The van der Waals surface area contributed by atoms with Gasteiger partial charge in [0, 0.05) is 23.7 Å². The number of carbonyl (C=O) groups excluding carboxylic acids is 1. The molecule has 1 saturated heterocycles. The second kappa shape index (κ2) is 9.36. The number of nitrogens with one attached hydrogen (secondary N) is 1. The first-order chi connectivity index (χ1) is 14.6. The van der Waals surface area contributed by atoms with Crippen molar-refractivity contribution in [2.45, 2.75) is 25.9 Å². The van der Waals surface area contributed by atoms with E-state index in [0.29, 0.717) is 36.4 Å². The number of carbonyl (C=O) groups is 1. The molecular weight excluding hydrogens is 407 g/mol. The molecule has 1 unspecified atom stereocenters. The number of aromatic nitrogens is 2. The van der Waals surface area contributed by atoms with Crippen molar-refractivity contribution in [2.24, 2.45) is 5.92 Å². The molecule has 3 aromatic rings. The molecule has 2 aromatic carbocycles. The average molecular weight is 429 g/mol. The van der Waals surface area contributed by atoms with Crippen molar-refractivity contribution in [3.05, 3.63) is 70.8 Å². The van der Waals surface area contributed by atoms with Crippen molar-refractivity contribution in [2.75, 3.05) is 13.1 Å². The van der Waals surface area contributed by atoms with Gasteiger partial charge in [-0.05, 0) is 61.3 Å². The summed E-state index contributed by atoms with van der Waals surface area (Å²) in [5.74, 6) is 0.669. The number of nitrogens with zero attached hydrogens (tertiary/aromatic N) is 3. The van der Waals surface area contributed by atoms with Gasteiger partial charge in [-0.15, -0.1) is 0 Å². The Balaban J connectivity index is 1.31. The highest BCUT2D eigenvalue weighted by Crippen LogP contribution is 2.21. The van der Waals surface area contributed by atoms with Crippen LogP contribution in [0.25, 0.3) is 11.4 Å². The summed E-state index contributed by atoms with van der Waals surface area (Å²) in [4.78, 5) is 19.2. The molecule has 1 fully saturated rings. The summed E-state index contributed by atoms with van der Waals surface area (Å²) >= 11 is 5.92. The lowest BCUT2D eigenvalue weighted by atomic mass is 9.97. The molecule has 0 spiro atoms. The first-order valence-corrected chi connectivity index (χ1v) is 10.3. The van der Waals surface area contributed by atoms with Gasteiger partial charge in [-0.2, -0.15) is 4.98 Å². The van der Waals surface area contributed by atoms with Gasteiger partial charge in [0.2, 0.25) is 17.6 Å². The highest BCUT2D eigenvalue weighted by molar-refractivity contribution is 6.30. The smallest absolute Gasteiger partial charge is 0.241 e. The van der Waals surface area contributed by atoms with Gasteiger partial charge < -0.3 is 9.84 Å². The number of likely N-dealkylation sites (tertiary alicyclic amines) is 1. The summed E-state index contributed by atoms with van der Waals surface area (Å²) in [6.07, 6.45) is 1.76. The maximum absolute atomic E-state index is 13.0. The summed E-state index contributed by atoms with van der Waals surface area (Å²) in [7, 11) is 0. The van der Waals surface area contributed by atoms with Crippen molar-refractivity contribution in [1.29, 1.82) is 0 Å². The number of rotatable bonds is 6. The number of amides is 1. The largest absolute Gasteiger partial charge is 0.352 e. The van der Waals surface area contributed by atoms with E-state index in [1.165, 1.54) is 12.1 Å². The third-order valence-electron chi connectivity index (χ3n) is 5.19. The molecule has 0 bridgehead atoms. The molecule has 1 atom stereocenters. The highest BCUT2D eigenvalue weighted by Gasteiger charge is 2.26. The van der Waals surface area contributed by atoms with Crippen LogP contribution in [0.15, 0.2) is 53.1 Å². The van der Waals surface area contributed by atoms with E-state index in [4.69, 9.17) is 16.1 Å². The van der Waals surface area contributed by atoms with Gasteiger partial charge in [-0.25, -0.2) is 4.39 Å². The summed E-state index contributed by atoms with van der Waals surface area (Å²) in [6, 6.07) is 13.4. The Morgan fingerprint density at radius 3 is 2.73 bits per heavy atom. The Morgan fingerprint density at radius 2 is 1.97 bits per heavy atom. The average Bonchev–Trinajstić information content (AvgIpc) is 3.22. The lowest BCUT2D eigenvalue weighted by Gasteiger charge is -2.30. The van der Waals surface area contributed by atoms with Crippen LogP contribution in [0.5, 0.6) is 0 Å². The minimum Gasteiger partial charge on any atom is -0.352 e. The second-order valence-corrected chi connectivity index (χ2v) is 7.87. The van der Waals surface area contributed by atoms with Crippen LogP contribution in [-0.2, 0) is 17.9 Å². The molecule has 1 aliphatic heterocycles. The zero-order chi connectivity index (χ0) is 20.9. The predicted octanol–water partition coefficient (Wildman–Crippen LogP) is 4.06. The molecule has 1 aromatic heterocycles. The number of piperidine rings is 1.